The molecule has 3 atom stereocenters. The number of carboxylic acids is 2. The van der Waals surface area contributed by atoms with Gasteiger partial charge in [-0.1, -0.05) is 6.07 Å². The van der Waals surface area contributed by atoms with Crippen molar-refractivity contribution in [3.05, 3.63) is 53.7 Å². The largest absolute Gasteiger partial charge is 0.490 e. The number of ether oxygens (including phenoxy) is 2. The molecule has 2 fully saturated rings. The quantitative estimate of drug-likeness (QED) is 0.522. The zero-order valence-corrected chi connectivity index (χ0v) is 20.0. The summed E-state index contributed by atoms with van der Waals surface area (Å²) in [4.78, 5) is 24.8. The first kappa shape index (κ1) is 31.1. The standard InChI is InChI=1S/C19H24N2O3.2C2HF3O2/c1-14-4-2-5-16(20-14)13-24-18-11-21(10-15-7-9-22-12-15)17-6-3-8-23-19(17)18;2*3-2(4,5)1(6)7/h2,4-5,7,9,12,17-19H,3,6,8,10-11,13H2,1H3;2*(H,6,7)/t17-,18-,19+;;/m1../s1. The Morgan fingerprint density at radius 3 is 2.26 bits per heavy atom. The summed E-state index contributed by atoms with van der Waals surface area (Å²) < 4.78 is 81.0. The molecule has 0 spiro atoms. The molecule has 0 amide bonds. The van der Waals surface area contributed by atoms with Crippen molar-refractivity contribution in [3.8, 4) is 0 Å². The fourth-order valence-corrected chi connectivity index (χ4v) is 3.82. The van der Waals surface area contributed by atoms with E-state index in [2.05, 4.69) is 9.88 Å². The van der Waals surface area contributed by atoms with Gasteiger partial charge in [-0.05, 0) is 38.0 Å². The van der Waals surface area contributed by atoms with Gasteiger partial charge in [0.05, 0.1) is 30.9 Å². The summed E-state index contributed by atoms with van der Waals surface area (Å²) >= 11 is 0. The zero-order valence-electron chi connectivity index (χ0n) is 20.0. The van der Waals surface area contributed by atoms with E-state index in [0.717, 1.165) is 37.5 Å². The van der Waals surface area contributed by atoms with Crippen LogP contribution in [0.4, 0.5) is 26.3 Å². The minimum absolute atomic E-state index is 0.101. The van der Waals surface area contributed by atoms with E-state index in [1.807, 2.05) is 37.5 Å². The Morgan fingerprint density at radius 1 is 1.11 bits per heavy atom. The van der Waals surface area contributed by atoms with Gasteiger partial charge in [0, 0.05) is 37.0 Å². The van der Waals surface area contributed by atoms with E-state index in [4.69, 9.17) is 33.7 Å². The molecule has 2 aliphatic heterocycles. The number of fused-ring (bicyclic) bond motifs is 1. The average molecular weight is 556 g/mol. The van der Waals surface area contributed by atoms with Crippen LogP contribution < -0.4 is 0 Å². The Balaban J connectivity index is 0.000000301. The topological polar surface area (TPSA) is 122 Å². The number of aliphatic carboxylic acids is 2. The molecule has 212 valence electrons. The molecule has 15 heteroatoms. The Bertz CT molecular complexity index is 1010. The molecule has 2 aromatic rings. The SMILES string of the molecule is Cc1cccc(CO[C@@H]2CN(Cc3ccoc3)[C@@H]3CCCO[C@@H]32)n1.O=C(O)C(F)(F)F.O=C(O)C(F)(F)F. The lowest BCUT2D eigenvalue weighted by Crippen LogP contribution is -2.41. The van der Waals surface area contributed by atoms with Crippen molar-refractivity contribution in [2.75, 3.05) is 13.2 Å². The molecule has 4 heterocycles. The third-order valence-corrected chi connectivity index (χ3v) is 5.43. The summed E-state index contributed by atoms with van der Waals surface area (Å²) in [6, 6.07) is 8.52. The molecule has 4 rings (SSSR count). The number of hydrogen-bond donors (Lipinski definition) is 2. The number of halogens is 6. The Morgan fingerprint density at radius 2 is 1.74 bits per heavy atom. The van der Waals surface area contributed by atoms with E-state index in [9.17, 15) is 26.3 Å². The zero-order chi connectivity index (χ0) is 28.5. The molecule has 0 aliphatic carbocycles. The van der Waals surface area contributed by atoms with Gasteiger partial charge in [-0.15, -0.1) is 0 Å². The number of aromatic nitrogens is 1. The van der Waals surface area contributed by atoms with Gasteiger partial charge in [-0.3, -0.25) is 9.88 Å². The first-order valence-corrected chi connectivity index (χ1v) is 11.2. The number of nitrogens with zero attached hydrogens (tertiary/aromatic N) is 2. The number of furan rings is 1. The summed E-state index contributed by atoms with van der Waals surface area (Å²) in [6.07, 6.45) is -4.05. The van der Waals surface area contributed by atoms with Gasteiger partial charge in [0.25, 0.3) is 0 Å². The van der Waals surface area contributed by atoms with Gasteiger partial charge < -0.3 is 24.1 Å². The van der Waals surface area contributed by atoms with Crippen molar-refractivity contribution in [1.29, 1.82) is 0 Å². The molecule has 2 aliphatic rings. The molecule has 0 unspecified atom stereocenters. The molecule has 2 aromatic heterocycles. The van der Waals surface area contributed by atoms with E-state index < -0.39 is 24.3 Å². The van der Waals surface area contributed by atoms with Gasteiger partial charge in [0.15, 0.2) is 0 Å². The molecular formula is C23H26F6N2O7. The number of aryl methyl sites for hydroxylation is 1. The number of hydrogen-bond acceptors (Lipinski definition) is 7. The second-order valence-corrected chi connectivity index (χ2v) is 8.33. The third kappa shape index (κ3) is 9.95. The minimum Gasteiger partial charge on any atom is -0.475 e. The Kier molecular flexibility index (Phi) is 11.1. The highest BCUT2D eigenvalue weighted by molar-refractivity contribution is 5.73. The maximum atomic E-state index is 10.6. The van der Waals surface area contributed by atoms with Crippen LogP contribution in [0.2, 0.25) is 0 Å². The lowest BCUT2D eigenvalue weighted by molar-refractivity contribution is -0.193. The fourth-order valence-electron chi connectivity index (χ4n) is 3.82. The van der Waals surface area contributed by atoms with Crippen LogP contribution in [0, 0.1) is 6.92 Å². The van der Waals surface area contributed by atoms with Crippen molar-refractivity contribution >= 4 is 11.9 Å². The number of alkyl halides is 6. The molecule has 38 heavy (non-hydrogen) atoms. The third-order valence-electron chi connectivity index (χ3n) is 5.43. The molecule has 9 nitrogen and oxygen atoms in total. The maximum Gasteiger partial charge on any atom is 0.490 e. The van der Waals surface area contributed by atoms with Crippen molar-refractivity contribution in [3.63, 3.8) is 0 Å². The summed E-state index contributed by atoms with van der Waals surface area (Å²) in [7, 11) is 0. The maximum absolute atomic E-state index is 10.6. The highest BCUT2D eigenvalue weighted by atomic mass is 19.4. The Labute approximate surface area is 213 Å². The van der Waals surface area contributed by atoms with Gasteiger partial charge in [-0.25, -0.2) is 9.59 Å². The molecule has 2 saturated heterocycles. The highest BCUT2D eigenvalue weighted by Gasteiger charge is 2.44. The molecule has 0 saturated carbocycles. The van der Waals surface area contributed by atoms with Gasteiger partial charge in [-0.2, -0.15) is 26.3 Å². The number of rotatable bonds is 5. The fraction of sp³-hybridized carbons (Fsp3) is 0.522. The number of likely N-dealkylation sites (tertiary alicyclic amines) is 1. The Hall–Kier alpha value is -3.17. The summed E-state index contributed by atoms with van der Waals surface area (Å²) in [5.74, 6) is -5.51. The van der Waals surface area contributed by atoms with Crippen LogP contribution in [-0.4, -0.2) is 75.8 Å². The average Bonchev–Trinajstić information content (AvgIpc) is 3.46. The van der Waals surface area contributed by atoms with E-state index in [-0.39, 0.29) is 12.2 Å². The van der Waals surface area contributed by atoms with E-state index >= 15 is 0 Å². The van der Waals surface area contributed by atoms with Crippen LogP contribution in [0.1, 0.15) is 29.8 Å². The molecular weight excluding hydrogens is 530 g/mol. The number of carbonyl (C=O) groups is 2. The molecule has 0 radical (unpaired) electrons. The predicted molar refractivity (Wildman–Crippen MR) is 117 cm³/mol. The summed E-state index contributed by atoms with van der Waals surface area (Å²) in [6.45, 7) is 5.17. The van der Waals surface area contributed by atoms with Crippen LogP contribution in [0.15, 0.2) is 41.2 Å². The summed E-state index contributed by atoms with van der Waals surface area (Å²) in [5.41, 5.74) is 3.21. The number of carboxylic acid groups (broad SMARTS) is 2. The first-order valence-electron chi connectivity index (χ1n) is 11.2. The normalized spacial score (nSPS) is 21.4. The lowest BCUT2D eigenvalue weighted by Gasteiger charge is -2.32. The highest BCUT2D eigenvalue weighted by Crippen LogP contribution is 2.32. The van der Waals surface area contributed by atoms with Gasteiger partial charge in [0.2, 0.25) is 0 Å². The predicted octanol–water partition coefficient (Wildman–Crippen LogP) is 4.20. The lowest BCUT2D eigenvalue weighted by atomic mass is 10.0. The van der Waals surface area contributed by atoms with Gasteiger partial charge >= 0.3 is 24.3 Å². The van der Waals surface area contributed by atoms with E-state index in [1.54, 1.807) is 6.26 Å². The van der Waals surface area contributed by atoms with Crippen LogP contribution in [0.25, 0.3) is 0 Å². The van der Waals surface area contributed by atoms with Crippen LogP contribution >= 0.6 is 0 Å². The first-order chi connectivity index (χ1) is 17.7. The van der Waals surface area contributed by atoms with Crippen molar-refractivity contribution in [2.24, 2.45) is 0 Å². The molecule has 0 bridgehead atoms. The monoisotopic (exact) mass is 556 g/mol. The van der Waals surface area contributed by atoms with E-state index in [0.29, 0.717) is 12.6 Å². The number of pyridine rings is 1. The minimum atomic E-state index is -5.08. The second-order valence-electron chi connectivity index (χ2n) is 8.33. The second kappa shape index (κ2) is 13.6. The van der Waals surface area contributed by atoms with Crippen molar-refractivity contribution in [1.82, 2.24) is 9.88 Å². The summed E-state index contributed by atoms with van der Waals surface area (Å²) in [5, 5.41) is 14.2. The van der Waals surface area contributed by atoms with Crippen LogP contribution in [0.3, 0.4) is 0 Å². The smallest absolute Gasteiger partial charge is 0.475 e. The van der Waals surface area contributed by atoms with Crippen molar-refractivity contribution < 1.29 is 60.0 Å². The molecule has 0 aromatic carbocycles. The van der Waals surface area contributed by atoms with Gasteiger partial charge in [0.1, 0.15) is 6.10 Å². The van der Waals surface area contributed by atoms with E-state index in [1.165, 1.54) is 12.0 Å². The molecule has 2 N–H and O–H groups in total. The van der Waals surface area contributed by atoms with Crippen LogP contribution in [0.5, 0.6) is 0 Å². The van der Waals surface area contributed by atoms with Crippen molar-refractivity contribution in [2.45, 2.75) is 63.5 Å². The van der Waals surface area contributed by atoms with Crippen LogP contribution in [-0.2, 0) is 32.2 Å².